The molecule has 1 heterocycles. The largest absolute Gasteiger partial charge is 0.333 e. The van der Waals surface area contributed by atoms with E-state index in [2.05, 4.69) is 23.6 Å². The van der Waals surface area contributed by atoms with Crippen LogP contribution in [0.4, 0.5) is 0 Å². The number of halogens is 1. The smallest absolute Gasteiger partial charge is 0.254 e. The Labute approximate surface area is 106 Å². The molecule has 2 atom stereocenters. The lowest BCUT2D eigenvalue weighted by molar-refractivity contribution is 0.0937. The molecule has 1 aliphatic heterocycles. The van der Waals surface area contributed by atoms with Gasteiger partial charge in [-0.1, -0.05) is 42.8 Å². The second-order valence-corrected chi connectivity index (χ2v) is 4.61. The summed E-state index contributed by atoms with van der Waals surface area (Å²) in [6.45, 7) is 2.99. The van der Waals surface area contributed by atoms with Crippen LogP contribution in [0, 0.1) is 5.92 Å². The molecule has 2 unspecified atom stereocenters. The summed E-state index contributed by atoms with van der Waals surface area (Å²) in [5.74, 6) is 0.343. The molecule has 0 aromatic heterocycles. The maximum Gasteiger partial charge on any atom is 0.254 e. The molecule has 1 aromatic rings. The zero-order chi connectivity index (χ0) is 12.3. The number of hydrogen-bond acceptors (Lipinski definition) is 2. The van der Waals surface area contributed by atoms with E-state index in [0.29, 0.717) is 16.5 Å². The van der Waals surface area contributed by atoms with Gasteiger partial charge in [-0.05, 0) is 18.1 Å². The summed E-state index contributed by atoms with van der Waals surface area (Å²) in [5.41, 5.74) is 0.503. The number of nitrogens with one attached hydrogen (secondary N) is 2. The van der Waals surface area contributed by atoms with E-state index < -0.39 is 0 Å². The monoisotopic (exact) mass is 250 g/mol. The summed E-state index contributed by atoms with van der Waals surface area (Å²) in [6.07, 6.45) is 3.94. The maximum atomic E-state index is 11.9. The average Bonchev–Trinajstić information content (AvgIpc) is 2.32. The molecule has 2 N–H and O–H groups in total. The Bertz CT molecular complexity index is 445. The Balaban J connectivity index is 2.03. The average molecular weight is 251 g/mol. The van der Waals surface area contributed by atoms with Crippen molar-refractivity contribution < 1.29 is 4.79 Å². The molecule has 3 nitrogen and oxygen atoms in total. The fourth-order valence-corrected chi connectivity index (χ4v) is 1.93. The second kappa shape index (κ2) is 5.34. The van der Waals surface area contributed by atoms with Crippen LogP contribution in [0.15, 0.2) is 36.4 Å². The molecular formula is C13H15ClN2O. The first-order valence-corrected chi connectivity index (χ1v) is 6.01. The molecule has 4 heteroatoms. The van der Waals surface area contributed by atoms with E-state index >= 15 is 0 Å². The highest BCUT2D eigenvalue weighted by Crippen LogP contribution is 2.14. The number of amides is 1. The lowest BCUT2D eigenvalue weighted by Crippen LogP contribution is -2.47. The Morgan fingerprint density at radius 3 is 2.82 bits per heavy atom. The topological polar surface area (TPSA) is 41.1 Å². The number of rotatable bonds is 2. The molecule has 1 amide bonds. The molecular weight excluding hydrogens is 236 g/mol. The SMILES string of the molecule is CC1C=CC(NC(=O)c2ccccc2Cl)NC1. The van der Waals surface area contributed by atoms with Gasteiger partial charge in [0.2, 0.25) is 0 Å². The van der Waals surface area contributed by atoms with Gasteiger partial charge in [-0.25, -0.2) is 0 Å². The Morgan fingerprint density at radius 2 is 2.18 bits per heavy atom. The summed E-state index contributed by atoms with van der Waals surface area (Å²) in [6, 6.07) is 7.03. The maximum absolute atomic E-state index is 11.9. The first-order valence-electron chi connectivity index (χ1n) is 5.64. The van der Waals surface area contributed by atoms with E-state index in [0.717, 1.165) is 6.54 Å². The Kier molecular flexibility index (Phi) is 3.82. The van der Waals surface area contributed by atoms with Gasteiger partial charge in [-0.15, -0.1) is 0 Å². The minimum atomic E-state index is -0.160. The molecule has 0 saturated heterocycles. The minimum absolute atomic E-state index is 0.116. The van der Waals surface area contributed by atoms with Crippen molar-refractivity contribution >= 4 is 17.5 Å². The first kappa shape index (κ1) is 12.1. The third-order valence-electron chi connectivity index (χ3n) is 2.70. The lowest BCUT2D eigenvalue weighted by Gasteiger charge is -2.23. The molecule has 2 rings (SSSR count). The quantitative estimate of drug-likeness (QED) is 0.790. The summed E-state index contributed by atoms with van der Waals surface area (Å²) in [7, 11) is 0. The van der Waals surface area contributed by atoms with Crippen LogP contribution in [0.3, 0.4) is 0 Å². The number of hydrogen-bond donors (Lipinski definition) is 2. The lowest BCUT2D eigenvalue weighted by atomic mass is 10.1. The van der Waals surface area contributed by atoms with Gasteiger partial charge in [-0.2, -0.15) is 0 Å². The fourth-order valence-electron chi connectivity index (χ4n) is 1.71. The molecule has 0 fully saturated rings. The molecule has 1 aromatic carbocycles. The van der Waals surface area contributed by atoms with Crippen LogP contribution in [0.1, 0.15) is 17.3 Å². The minimum Gasteiger partial charge on any atom is -0.333 e. The van der Waals surface area contributed by atoms with Gasteiger partial charge in [0.15, 0.2) is 0 Å². The van der Waals surface area contributed by atoms with Crippen LogP contribution in [-0.4, -0.2) is 18.6 Å². The number of carbonyl (C=O) groups is 1. The molecule has 0 spiro atoms. The van der Waals surface area contributed by atoms with Crippen LogP contribution in [0.25, 0.3) is 0 Å². The zero-order valence-electron chi connectivity index (χ0n) is 9.61. The van der Waals surface area contributed by atoms with Crippen LogP contribution in [0.2, 0.25) is 5.02 Å². The highest BCUT2D eigenvalue weighted by atomic mass is 35.5. The predicted octanol–water partition coefficient (Wildman–Crippen LogP) is 2.19. The van der Waals surface area contributed by atoms with E-state index in [9.17, 15) is 4.79 Å². The van der Waals surface area contributed by atoms with Crippen molar-refractivity contribution in [2.45, 2.75) is 13.1 Å². The van der Waals surface area contributed by atoms with Crippen LogP contribution < -0.4 is 10.6 Å². The van der Waals surface area contributed by atoms with Crippen molar-refractivity contribution in [3.05, 3.63) is 47.0 Å². The predicted molar refractivity (Wildman–Crippen MR) is 69.0 cm³/mol. The van der Waals surface area contributed by atoms with E-state index in [1.165, 1.54) is 0 Å². The van der Waals surface area contributed by atoms with E-state index in [1.807, 2.05) is 6.08 Å². The Morgan fingerprint density at radius 1 is 1.41 bits per heavy atom. The van der Waals surface area contributed by atoms with Gasteiger partial charge in [0.1, 0.15) is 0 Å². The van der Waals surface area contributed by atoms with Crippen LogP contribution in [0.5, 0.6) is 0 Å². The summed E-state index contributed by atoms with van der Waals surface area (Å²) in [4.78, 5) is 11.9. The van der Waals surface area contributed by atoms with Gasteiger partial charge in [0.25, 0.3) is 5.91 Å². The fraction of sp³-hybridized carbons (Fsp3) is 0.308. The standard InChI is InChI=1S/C13H15ClN2O/c1-9-6-7-12(15-8-9)16-13(17)10-4-2-3-5-11(10)14/h2-7,9,12,15H,8H2,1H3,(H,16,17). The van der Waals surface area contributed by atoms with Crippen molar-refractivity contribution in [2.75, 3.05) is 6.54 Å². The number of benzene rings is 1. The summed E-state index contributed by atoms with van der Waals surface area (Å²) in [5, 5.41) is 6.57. The van der Waals surface area contributed by atoms with E-state index in [4.69, 9.17) is 11.6 Å². The molecule has 0 saturated carbocycles. The highest BCUT2D eigenvalue weighted by molar-refractivity contribution is 6.33. The highest BCUT2D eigenvalue weighted by Gasteiger charge is 2.16. The molecule has 90 valence electrons. The van der Waals surface area contributed by atoms with Crippen molar-refractivity contribution in [1.82, 2.24) is 10.6 Å². The molecule has 17 heavy (non-hydrogen) atoms. The van der Waals surface area contributed by atoms with Crippen molar-refractivity contribution in [2.24, 2.45) is 5.92 Å². The molecule has 0 bridgehead atoms. The van der Waals surface area contributed by atoms with Crippen molar-refractivity contribution in [1.29, 1.82) is 0 Å². The molecule has 0 aliphatic carbocycles. The Hall–Kier alpha value is -1.32. The van der Waals surface area contributed by atoms with E-state index in [1.54, 1.807) is 24.3 Å². The van der Waals surface area contributed by atoms with Gasteiger partial charge in [0.05, 0.1) is 16.8 Å². The number of carbonyl (C=O) groups excluding carboxylic acids is 1. The second-order valence-electron chi connectivity index (χ2n) is 4.20. The van der Waals surface area contributed by atoms with Gasteiger partial charge in [-0.3, -0.25) is 10.1 Å². The molecule has 0 radical (unpaired) electrons. The first-order chi connectivity index (χ1) is 8.16. The summed E-state index contributed by atoms with van der Waals surface area (Å²) < 4.78 is 0. The normalized spacial score (nSPS) is 23.4. The van der Waals surface area contributed by atoms with Crippen molar-refractivity contribution in [3.8, 4) is 0 Å². The molecule has 1 aliphatic rings. The summed E-state index contributed by atoms with van der Waals surface area (Å²) >= 11 is 5.96. The third kappa shape index (κ3) is 3.08. The van der Waals surface area contributed by atoms with E-state index in [-0.39, 0.29) is 12.1 Å². The van der Waals surface area contributed by atoms with Gasteiger partial charge >= 0.3 is 0 Å². The van der Waals surface area contributed by atoms with Crippen molar-refractivity contribution in [3.63, 3.8) is 0 Å². The van der Waals surface area contributed by atoms with Gasteiger partial charge < -0.3 is 5.32 Å². The van der Waals surface area contributed by atoms with Crippen LogP contribution >= 0.6 is 11.6 Å². The van der Waals surface area contributed by atoms with Crippen LogP contribution in [-0.2, 0) is 0 Å². The zero-order valence-corrected chi connectivity index (χ0v) is 10.4. The third-order valence-corrected chi connectivity index (χ3v) is 3.03. The van der Waals surface area contributed by atoms with Gasteiger partial charge in [0, 0.05) is 6.54 Å².